The molecule has 1 atom stereocenters. The third-order valence-electron chi connectivity index (χ3n) is 3.02. The Bertz CT molecular complexity index is 611. The van der Waals surface area contributed by atoms with E-state index in [0.717, 1.165) is 12.1 Å². The van der Waals surface area contributed by atoms with Crippen LogP contribution in [0.3, 0.4) is 0 Å². The van der Waals surface area contributed by atoms with Gasteiger partial charge in [-0.2, -0.15) is 13.2 Å². The summed E-state index contributed by atoms with van der Waals surface area (Å²) in [4.78, 5) is 0. The summed E-state index contributed by atoms with van der Waals surface area (Å²) in [5.74, 6) is -0.431. The molecule has 112 valence electrons. The van der Waals surface area contributed by atoms with Crippen molar-refractivity contribution in [2.24, 2.45) is 5.73 Å². The maximum Gasteiger partial charge on any atom is 0.416 e. The predicted octanol–water partition coefficient (Wildman–Crippen LogP) is 3.96. The van der Waals surface area contributed by atoms with Crippen molar-refractivity contribution in [3.05, 3.63) is 65.5 Å². The second-order valence-electron chi connectivity index (χ2n) is 4.57. The molecule has 0 radical (unpaired) electrons. The van der Waals surface area contributed by atoms with E-state index >= 15 is 0 Å². The first kappa shape index (κ1) is 15.3. The van der Waals surface area contributed by atoms with E-state index in [0.29, 0.717) is 11.3 Å². The molecule has 0 bridgehead atoms. The van der Waals surface area contributed by atoms with E-state index in [4.69, 9.17) is 5.73 Å². The second kappa shape index (κ2) is 6.13. The molecular formula is C15H14F4N2. The smallest absolute Gasteiger partial charge is 0.377 e. The molecule has 3 N–H and O–H groups in total. The van der Waals surface area contributed by atoms with Gasteiger partial charge in [0.25, 0.3) is 0 Å². The van der Waals surface area contributed by atoms with Gasteiger partial charge in [0.1, 0.15) is 5.82 Å². The molecule has 21 heavy (non-hydrogen) atoms. The van der Waals surface area contributed by atoms with Crippen LogP contribution in [0.15, 0.2) is 48.5 Å². The van der Waals surface area contributed by atoms with Crippen LogP contribution in [0.4, 0.5) is 23.2 Å². The molecular weight excluding hydrogens is 284 g/mol. The number of anilines is 1. The van der Waals surface area contributed by atoms with E-state index in [1.165, 1.54) is 24.3 Å². The van der Waals surface area contributed by atoms with Gasteiger partial charge >= 0.3 is 6.18 Å². The summed E-state index contributed by atoms with van der Waals surface area (Å²) in [5, 5.41) is 2.93. The molecule has 0 heterocycles. The van der Waals surface area contributed by atoms with Crippen LogP contribution in [-0.4, -0.2) is 6.54 Å². The molecule has 0 fully saturated rings. The number of nitrogens with two attached hydrogens (primary N) is 1. The summed E-state index contributed by atoms with van der Waals surface area (Å²) in [5.41, 5.74) is 5.74. The standard InChI is InChI=1S/C15H14F4N2/c16-12-5-2-6-13(8-12)21-14(9-20)10-3-1-4-11(7-10)15(17,18)19/h1-8,14,21H,9,20H2. The van der Waals surface area contributed by atoms with Crippen molar-refractivity contribution in [1.29, 1.82) is 0 Å². The van der Waals surface area contributed by atoms with Gasteiger partial charge in [0, 0.05) is 12.2 Å². The van der Waals surface area contributed by atoms with Crippen molar-refractivity contribution in [2.45, 2.75) is 12.2 Å². The average Bonchev–Trinajstić information content (AvgIpc) is 2.44. The summed E-state index contributed by atoms with van der Waals surface area (Å²) in [6.45, 7) is 0.0812. The molecule has 0 amide bonds. The molecule has 0 aliphatic carbocycles. The molecule has 2 aromatic carbocycles. The SMILES string of the molecule is NCC(Nc1cccc(F)c1)c1cccc(C(F)(F)F)c1. The van der Waals surface area contributed by atoms with Crippen LogP contribution in [0.2, 0.25) is 0 Å². The van der Waals surface area contributed by atoms with Crippen LogP contribution in [0, 0.1) is 5.82 Å². The molecule has 0 aromatic heterocycles. The Morgan fingerprint density at radius 1 is 1.05 bits per heavy atom. The Hall–Kier alpha value is -2.08. The van der Waals surface area contributed by atoms with Gasteiger partial charge in [-0.3, -0.25) is 0 Å². The summed E-state index contributed by atoms with van der Waals surface area (Å²) in [7, 11) is 0. The Kier molecular flexibility index (Phi) is 4.47. The lowest BCUT2D eigenvalue weighted by Crippen LogP contribution is -2.21. The minimum atomic E-state index is -4.41. The highest BCUT2D eigenvalue weighted by atomic mass is 19.4. The lowest BCUT2D eigenvalue weighted by atomic mass is 10.0. The van der Waals surface area contributed by atoms with E-state index < -0.39 is 23.6 Å². The van der Waals surface area contributed by atoms with Gasteiger partial charge in [0.15, 0.2) is 0 Å². The van der Waals surface area contributed by atoms with Crippen LogP contribution >= 0.6 is 0 Å². The molecule has 0 aliphatic rings. The fourth-order valence-electron chi connectivity index (χ4n) is 1.99. The summed E-state index contributed by atoms with van der Waals surface area (Å²) < 4.78 is 51.3. The molecule has 2 nitrogen and oxygen atoms in total. The molecule has 0 saturated carbocycles. The van der Waals surface area contributed by atoms with Gasteiger partial charge in [0.05, 0.1) is 11.6 Å². The number of rotatable bonds is 4. The number of hydrogen-bond acceptors (Lipinski definition) is 2. The maximum absolute atomic E-state index is 13.1. The molecule has 0 aliphatic heterocycles. The van der Waals surface area contributed by atoms with Crippen LogP contribution in [0.1, 0.15) is 17.2 Å². The molecule has 0 spiro atoms. The Labute approximate surface area is 119 Å². The van der Waals surface area contributed by atoms with E-state index in [1.807, 2.05) is 0 Å². The van der Waals surface area contributed by atoms with Crippen LogP contribution in [-0.2, 0) is 6.18 Å². The zero-order valence-electron chi connectivity index (χ0n) is 11.0. The topological polar surface area (TPSA) is 38.0 Å². The zero-order chi connectivity index (χ0) is 15.5. The lowest BCUT2D eigenvalue weighted by molar-refractivity contribution is -0.137. The quantitative estimate of drug-likeness (QED) is 0.839. The van der Waals surface area contributed by atoms with E-state index in [-0.39, 0.29) is 6.54 Å². The zero-order valence-corrected chi connectivity index (χ0v) is 11.0. The van der Waals surface area contributed by atoms with Crippen molar-refractivity contribution in [1.82, 2.24) is 0 Å². The fraction of sp³-hybridized carbons (Fsp3) is 0.200. The number of alkyl halides is 3. The van der Waals surface area contributed by atoms with E-state index in [2.05, 4.69) is 5.32 Å². The van der Waals surface area contributed by atoms with Crippen molar-refractivity contribution >= 4 is 5.69 Å². The van der Waals surface area contributed by atoms with E-state index in [1.54, 1.807) is 12.1 Å². The molecule has 1 unspecified atom stereocenters. The Morgan fingerprint density at radius 3 is 2.38 bits per heavy atom. The summed E-state index contributed by atoms with van der Waals surface area (Å²) in [6, 6.07) is 10.1. The van der Waals surface area contributed by atoms with Gasteiger partial charge < -0.3 is 11.1 Å². The first-order chi connectivity index (χ1) is 9.90. The van der Waals surface area contributed by atoms with Crippen LogP contribution < -0.4 is 11.1 Å². The first-order valence-corrected chi connectivity index (χ1v) is 6.29. The van der Waals surface area contributed by atoms with Crippen LogP contribution in [0.25, 0.3) is 0 Å². The minimum Gasteiger partial charge on any atom is -0.377 e. The first-order valence-electron chi connectivity index (χ1n) is 6.29. The summed E-state index contributed by atoms with van der Waals surface area (Å²) in [6.07, 6.45) is -4.41. The highest BCUT2D eigenvalue weighted by molar-refractivity contribution is 5.46. The highest BCUT2D eigenvalue weighted by Crippen LogP contribution is 2.31. The van der Waals surface area contributed by atoms with Gasteiger partial charge in [0.2, 0.25) is 0 Å². The van der Waals surface area contributed by atoms with Gasteiger partial charge in [-0.15, -0.1) is 0 Å². The number of hydrogen-bond donors (Lipinski definition) is 2. The number of benzene rings is 2. The molecule has 2 rings (SSSR count). The molecule has 2 aromatic rings. The van der Waals surface area contributed by atoms with E-state index in [9.17, 15) is 17.6 Å². The average molecular weight is 298 g/mol. The maximum atomic E-state index is 13.1. The monoisotopic (exact) mass is 298 g/mol. The fourth-order valence-corrected chi connectivity index (χ4v) is 1.99. The minimum absolute atomic E-state index is 0.0812. The Morgan fingerprint density at radius 2 is 1.76 bits per heavy atom. The van der Waals surface area contributed by atoms with Gasteiger partial charge in [-0.25, -0.2) is 4.39 Å². The van der Waals surface area contributed by atoms with Gasteiger partial charge in [-0.05, 0) is 35.9 Å². The van der Waals surface area contributed by atoms with Crippen molar-refractivity contribution in [3.63, 3.8) is 0 Å². The Balaban J connectivity index is 2.25. The summed E-state index contributed by atoms with van der Waals surface area (Å²) >= 11 is 0. The van der Waals surface area contributed by atoms with Crippen molar-refractivity contribution in [2.75, 3.05) is 11.9 Å². The van der Waals surface area contributed by atoms with Gasteiger partial charge in [-0.1, -0.05) is 18.2 Å². The molecule has 6 heteroatoms. The highest BCUT2D eigenvalue weighted by Gasteiger charge is 2.30. The second-order valence-corrected chi connectivity index (χ2v) is 4.57. The lowest BCUT2D eigenvalue weighted by Gasteiger charge is -2.20. The molecule has 0 saturated heterocycles. The third-order valence-corrected chi connectivity index (χ3v) is 3.02. The van der Waals surface area contributed by atoms with Crippen LogP contribution in [0.5, 0.6) is 0 Å². The number of halogens is 4. The largest absolute Gasteiger partial charge is 0.416 e. The normalized spacial score (nSPS) is 13.0. The van der Waals surface area contributed by atoms with Crippen molar-refractivity contribution in [3.8, 4) is 0 Å². The third kappa shape index (κ3) is 3.95. The predicted molar refractivity (Wildman–Crippen MR) is 73.3 cm³/mol. The number of nitrogens with one attached hydrogen (secondary N) is 1. The van der Waals surface area contributed by atoms with Crippen molar-refractivity contribution < 1.29 is 17.6 Å².